The second kappa shape index (κ2) is 7.13. The van der Waals surface area contributed by atoms with Gasteiger partial charge in [-0.3, -0.25) is 9.89 Å². The molecule has 2 aliphatic heterocycles. The molecule has 8 heteroatoms. The summed E-state index contributed by atoms with van der Waals surface area (Å²) in [6.07, 6.45) is 3.50. The van der Waals surface area contributed by atoms with E-state index in [1.165, 1.54) is 0 Å². The molecule has 150 valence electrons. The highest BCUT2D eigenvalue weighted by Crippen LogP contribution is 2.30. The van der Waals surface area contributed by atoms with Crippen LogP contribution in [0.3, 0.4) is 0 Å². The number of aromatic amines is 1. The third-order valence-corrected chi connectivity index (χ3v) is 5.76. The first-order chi connectivity index (χ1) is 14.1. The van der Waals surface area contributed by atoms with E-state index < -0.39 is 0 Å². The Balaban J connectivity index is 1.51. The molecule has 0 aliphatic carbocycles. The molecule has 3 N–H and O–H groups in total. The fraction of sp³-hybridized carbons (Fsp3) is 0.381. The summed E-state index contributed by atoms with van der Waals surface area (Å²) < 4.78 is 6.08. The first-order valence-corrected chi connectivity index (χ1v) is 9.91. The van der Waals surface area contributed by atoms with Gasteiger partial charge in [0, 0.05) is 25.2 Å². The van der Waals surface area contributed by atoms with Gasteiger partial charge in [-0.15, -0.1) is 0 Å². The fourth-order valence-corrected chi connectivity index (χ4v) is 4.28. The lowest BCUT2D eigenvalue weighted by Gasteiger charge is -2.44. The summed E-state index contributed by atoms with van der Waals surface area (Å²) in [4.78, 5) is 20.0. The van der Waals surface area contributed by atoms with Crippen molar-refractivity contribution >= 4 is 16.8 Å². The summed E-state index contributed by atoms with van der Waals surface area (Å²) >= 11 is 0. The molecule has 8 nitrogen and oxygen atoms in total. The number of ether oxygens (including phenoxy) is 1. The predicted molar refractivity (Wildman–Crippen MR) is 108 cm³/mol. The number of carbonyl (C=O) groups excluding carboxylic acids is 1. The third-order valence-electron chi connectivity index (χ3n) is 5.76. The Morgan fingerprint density at radius 2 is 2.14 bits per heavy atom. The van der Waals surface area contributed by atoms with Crippen molar-refractivity contribution in [3.63, 3.8) is 0 Å². The van der Waals surface area contributed by atoms with Gasteiger partial charge in [-0.05, 0) is 43.2 Å². The zero-order valence-electron chi connectivity index (χ0n) is 16.0. The van der Waals surface area contributed by atoms with Crippen molar-refractivity contribution in [2.24, 2.45) is 0 Å². The maximum atomic E-state index is 13.5. The maximum Gasteiger partial charge on any atom is 0.273 e. The van der Waals surface area contributed by atoms with Gasteiger partial charge in [-0.2, -0.15) is 5.10 Å². The molecule has 2 fully saturated rings. The molecule has 1 atom stereocenters. The van der Waals surface area contributed by atoms with Gasteiger partial charge in [-0.1, -0.05) is 0 Å². The van der Waals surface area contributed by atoms with Crippen LogP contribution >= 0.6 is 0 Å². The number of carbonyl (C=O) groups is 1. The van der Waals surface area contributed by atoms with E-state index in [4.69, 9.17) is 9.72 Å². The number of nitrogens with zero attached hydrogens (tertiary/aromatic N) is 3. The smallest absolute Gasteiger partial charge is 0.273 e. The minimum absolute atomic E-state index is 0.106. The Hall–Kier alpha value is -2.97. The van der Waals surface area contributed by atoms with E-state index in [1.807, 2.05) is 11.0 Å². The number of phenols is 1. The van der Waals surface area contributed by atoms with Crippen LogP contribution in [0.1, 0.15) is 23.3 Å². The number of pyridine rings is 1. The number of hydrogen-bond acceptors (Lipinski definition) is 6. The topological polar surface area (TPSA) is 103 Å². The Morgan fingerprint density at radius 3 is 2.93 bits per heavy atom. The fourth-order valence-electron chi connectivity index (χ4n) is 4.28. The molecule has 5 rings (SSSR count). The Kier molecular flexibility index (Phi) is 4.44. The molecule has 0 bridgehead atoms. The number of rotatable bonds is 2. The number of hydrogen-bond donors (Lipinski definition) is 3. The van der Waals surface area contributed by atoms with E-state index in [2.05, 4.69) is 15.5 Å². The molecule has 2 saturated heterocycles. The number of fused-ring (bicyclic) bond motifs is 1. The van der Waals surface area contributed by atoms with Crippen LogP contribution in [0, 0.1) is 0 Å². The van der Waals surface area contributed by atoms with Gasteiger partial charge in [0.05, 0.1) is 41.5 Å². The molecule has 0 saturated carbocycles. The van der Waals surface area contributed by atoms with Crippen molar-refractivity contribution in [3.8, 4) is 17.0 Å². The molecule has 1 aromatic carbocycles. The molecule has 1 unspecified atom stereocenters. The molecular formula is C21H23N5O3. The number of piperidine rings is 1. The van der Waals surface area contributed by atoms with E-state index in [0.717, 1.165) is 37.0 Å². The van der Waals surface area contributed by atoms with Gasteiger partial charge in [-0.25, -0.2) is 4.98 Å². The molecule has 29 heavy (non-hydrogen) atoms. The van der Waals surface area contributed by atoms with Crippen LogP contribution in [0.2, 0.25) is 0 Å². The average Bonchev–Trinajstić information content (AvgIpc) is 3.22. The van der Waals surface area contributed by atoms with E-state index in [1.54, 1.807) is 30.5 Å². The van der Waals surface area contributed by atoms with Crippen molar-refractivity contribution in [1.82, 2.24) is 25.4 Å². The first-order valence-electron chi connectivity index (χ1n) is 9.91. The highest BCUT2D eigenvalue weighted by atomic mass is 16.5. The monoisotopic (exact) mass is 393 g/mol. The predicted octanol–water partition coefficient (Wildman–Crippen LogP) is 1.93. The number of nitrogens with one attached hydrogen (secondary N) is 2. The van der Waals surface area contributed by atoms with Crippen LogP contribution in [0.4, 0.5) is 0 Å². The Morgan fingerprint density at radius 1 is 1.28 bits per heavy atom. The summed E-state index contributed by atoms with van der Waals surface area (Å²) in [6, 6.07) is 8.66. The standard InChI is InChI=1S/C21H23N5O3/c27-15-4-2-14(3-5-15)17-10-18-16(11-23-25-18)19(24-17)20(28)26-8-1-6-21(13-26)12-22-7-9-29-21/h2-5,10-11,22,27H,1,6-9,12-13H2,(H,23,25). The minimum atomic E-state index is -0.309. The zero-order chi connectivity index (χ0) is 19.8. The SMILES string of the molecule is O=C(c1nc(-c2ccc(O)cc2)cc2[nH]ncc12)N1CCCC2(CNCCO2)C1. The molecule has 0 radical (unpaired) electrons. The van der Waals surface area contributed by atoms with Crippen LogP contribution in [0.5, 0.6) is 5.75 Å². The van der Waals surface area contributed by atoms with Crippen molar-refractivity contribution in [3.05, 3.63) is 42.2 Å². The second-order valence-corrected chi connectivity index (χ2v) is 7.77. The summed E-state index contributed by atoms with van der Waals surface area (Å²) in [7, 11) is 0. The van der Waals surface area contributed by atoms with Gasteiger partial charge < -0.3 is 20.1 Å². The van der Waals surface area contributed by atoms with Crippen LogP contribution in [-0.2, 0) is 4.74 Å². The Bertz CT molecular complexity index is 1030. The van der Waals surface area contributed by atoms with Crippen molar-refractivity contribution in [2.45, 2.75) is 18.4 Å². The van der Waals surface area contributed by atoms with E-state index in [-0.39, 0.29) is 17.3 Å². The highest BCUT2D eigenvalue weighted by molar-refractivity contribution is 6.05. The molecule has 4 heterocycles. The molecule has 2 aliphatic rings. The van der Waals surface area contributed by atoms with Crippen LogP contribution in [0.25, 0.3) is 22.2 Å². The van der Waals surface area contributed by atoms with Crippen LogP contribution in [0.15, 0.2) is 36.5 Å². The minimum Gasteiger partial charge on any atom is -0.508 e. The maximum absolute atomic E-state index is 13.5. The van der Waals surface area contributed by atoms with Crippen molar-refractivity contribution in [2.75, 3.05) is 32.8 Å². The normalized spacial score (nSPS) is 22.3. The number of likely N-dealkylation sites (tertiary alicyclic amines) is 1. The summed E-state index contributed by atoms with van der Waals surface area (Å²) in [5.74, 6) is 0.0812. The second-order valence-electron chi connectivity index (χ2n) is 7.77. The molecule has 2 aromatic heterocycles. The summed E-state index contributed by atoms with van der Waals surface area (Å²) in [6.45, 7) is 3.53. The lowest BCUT2D eigenvalue weighted by molar-refractivity contribution is -0.0989. The third kappa shape index (κ3) is 3.34. The summed E-state index contributed by atoms with van der Waals surface area (Å²) in [5.41, 5.74) is 2.32. The average molecular weight is 393 g/mol. The van der Waals surface area contributed by atoms with Gasteiger partial charge in [0.15, 0.2) is 0 Å². The van der Waals surface area contributed by atoms with E-state index in [9.17, 15) is 9.90 Å². The van der Waals surface area contributed by atoms with E-state index in [0.29, 0.717) is 36.5 Å². The van der Waals surface area contributed by atoms with Gasteiger partial charge in [0.1, 0.15) is 11.4 Å². The van der Waals surface area contributed by atoms with Gasteiger partial charge in [0.25, 0.3) is 5.91 Å². The van der Waals surface area contributed by atoms with Gasteiger partial charge in [0.2, 0.25) is 0 Å². The number of H-pyrrole nitrogens is 1. The quantitative estimate of drug-likeness (QED) is 0.615. The number of morpholine rings is 1. The number of aromatic hydroxyl groups is 1. The first kappa shape index (κ1) is 18.1. The van der Waals surface area contributed by atoms with E-state index >= 15 is 0 Å². The molecular weight excluding hydrogens is 370 g/mol. The molecule has 3 aromatic rings. The van der Waals surface area contributed by atoms with Gasteiger partial charge >= 0.3 is 0 Å². The van der Waals surface area contributed by atoms with Crippen LogP contribution in [-0.4, -0.2) is 69.5 Å². The Labute approximate surface area is 167 Å². The number of phenolic OH excluding ortho intramolecular Hbond substituents is 1. The number of amides is 1. The number of aromatic nitrogens is 3. The van der Waals surface area contributed by atoms with Crippen LogP contribution < -0.4 is 5.32 Å². The molecule has 1 amide bonds. The number of benzene rings is 1. The highest BCUT2D eigenvalue weighted by Gasteiger charge is 2.40. The lowest BCUT2D eigenvalue weighted by atomic mass is 9.91. The largest absolute Gasteiger partial charge is 0.508 e. The summed E-state index contributed by atoms with van der Waals surface area (Å²) in [5, 5.41) is 20.7. The van der Waals surface area contributed by atoms with Crippen molar-refractivity contribution in [1.29, 1.82) is 0 Å². The molecule has 1 spiro atoms. The van der Waals surface area contributed by atoms with Crippen molar-refractivity contribution < 1.29 is 14.6 Å². The zero-order valence-corrected chi connectivity index (χ0v) is 16.0. The lowest BCUT2D eigenvalue weighted by Crippen LogP contribution is -2.59.